The Morgan fingerprint density at radius 2 is 1.17 bits per heavy atom. The van der Waals surface area contributed by atoms with Gasteiger partial charge >= 0.3 is 7.60 Å². The van der Waals surface area contributed by atoms with Crippen molar-refractivity contribution < 1.29 is 23.9 Å². The fourth-order valence-electron chi connectivity index (χ4n) is 3.73. The number of likely N-dealkylation sites (N-methyl/N-ethyl adjacent to an activating group) is 1. The summed E-state index contributed by atoms with van der Waals surface area (Å²) in [7, 11) is 0.966. The molecule has 0 fully saturated rings. The van der Waals surface area contributed by atoms with Crippen molar-refractivity contribution in [2.45, 2.75) is 109 Å². The molecular weight excluding hydrogens is 385 g/mol. The maximum absolute atomic E-state index is 11.8. The molecule has 174 valence electrons. The molecule has 0 aliphatic carbocycles. The quantitative estimate of drug-likeness (QED) is 0.101. The summed E-state index contributed by atoms with van der Waals surface area (Å²) in [5.74, 6) is 0. The van der Waals surface area contributed by atoms with Crippen LogP contribution in [0.2, 0.25) is 0 Å². The Morgan fingerprint density at radius 3 is 1.59 bits per heavy atom. The molecule has 0 aromatic carbocycles. The van der Waals surface area contributed by atoms with Crippen LogP contribution in [-0.2, 0) is 4.57 Å². The molecule has 0 saturated heterocycles. The molecule has 6 heteroatoms. The zero-order valence-corrected chi connectivity index (χ0v) is 20.5. The molecule has 0 radical (unpaired) electrons. The van der Waals surface area contributed by atoms with Crippen LogP contribution in [0.4, 0.5) is 0 Å². The normalized spacial score (nSPS) is 15.1. The Labute approximate surface area is 180 Å². The molecular formula is C23H49NO4P+. The van der Waals surface area contributed by atoms with Gasteiger partial charge in [0.1, 0.15) is 6.54 Å². The molecule has 0 aromatic rings. The molecule has 0 saturated carbocycles. The Morgan fingerprint density at radius 1 is 0.759 bits per heavy atom. The van der Waals surface area contributed by atoms with Crippen LogP contribution >= 0.6 is 7.60 Å². The first-order valence-corrected chi connectivity index (χ1v) is 13.4. The van der Waals surface area contributed by atoms with Crippen molar-refractivity contribution in [3.63, 3.8) is 0 Å². The number of aliphatic hydroxyl groups is 1. The predicted molar refractivity (Wildman–Crippen MR) is 124 cm³/mol. The van der Waals surface area contributed by atoms with Gasteiger partial charge in [0.15, 0.2) is 0 Å². The molecule has 1 atom stereocenters. The first-order chi connectivity index (χ1) is 13.5. The van der Waals surface area contributed by atoms with E-state index in [4.69, 9.17) is 0 Å². The van der Waals surface area contributed by atoms with Crippen LogP contribution in [-0.4, -0.2) is 52.4 Å². The van der Waals surface area contributed by atoms with Crippen LogP contribution in [0, 0.1) is 0 Å². The highest BCUT2D eigenvalue weighted by atomic mass is 31.2. The minimum absolute atomic E-state index is 0.0579. The minimum atomic E-state index is -4.54. The van der Waals surface area contributed by atoms with E-state index in [0.717, 1.165) is 25.7 Å². The maximum Gasteiger partial charge on any atom is 0.362 e. The van der Waals surface area contributed by atoms with Gasteiger partial charge in [0.05, 0.1) is 21.1 Å². The first-order valence-electron chi connectivity index (χ1n) is 11.8. The number of hydrogen-bond acceptors (Lipinski definition) is 2. The smallest absolute Gasteiger partial charge is 0.362 e. The topological polar surface area (TPSA) is 77.8 Å². The van der Waals surface area contributed by atoms with Gasteiger partial charge < -0.3 is 19.4 Å². The van der Waals surface area contributed by atoms with E-state index in [1.807, 2.05) is 21.1 Å². The largest absolute Gasteiger partial charge is 0.373 e. The van der Waals surface area contributed by atoms with Crippen molar-refractivity contribution in [2.24, 2.45) is 0 Å². The molecule has 3 N–H and O–H groups in total. The molecule has 0 amide bonds. The maximum atomic E-state index is 11.8. The van der Waals surface area contributed by atoms with Crippen LogP contribution in [0.1, 0.15) is 103 Å². The van der Waals surface area contributed by atoms with E-state index in [2.05, 4.69) is 19.1 Å². The fourth-order valence-corrected chi connectivity index (χ4v) is 4.79. The Kier molecular flexibility index (Phi) is 15.5. The molecule has 29 heavy (non-hydrogen) atoms. The lowest BCUT2D eigenvalue weighted by Crippen LogP contribution is -2.49. The molecule has 1 unspecified atom stereocenters. The van der Waals surface area contributed by atoms with Gasteiger partial charge in [-0.15, -0.1) is 0 Å². The Bertz CT molecular complexity index is 470. The van der Waals surface area contributed by atoms with E-state index in [0.29, 0.717) is 10.9 Å². The van der Waals surface area contributed by atoms with Crippen molar-refractivity contribution in [3.8, 4) is 0 Å². The summed E-state index contributed by atoms with van der Waals surface area (Å²) >= 11 is 0. The molecule has 0 aliphatic rings. The molecule has 0 aliphatic heterocycles. The van der Waals surface area contributed by atoms with Gasteiger partial charge in [-0.25, -0.2) is 0 Å². The van der Waals surface area contributed by atoms with Gasteiger partial charge in [0, 0.05) is 0 Å². The monoisotopic (exact) mass is 434 g/mol. The SMILES string of the molecule is CCCCCCCC/C=C/CCCCCCCCC(O)(C[N+](C)(C)C)P(=O)(O)O. The van der Waals surface area contributed by atoms with E-state index < -0.39 is 12.9 Å². The van der Waals surface area contributed by atoms with E-state index >= 15 is 0 Å². The van der Waals surface area contributed by atoms with Gasteiger partial charge in [0.25, 0.3) is 0 Å². The third-order valence-corrected chi connectivity index (χ3v) is 6.81. The zero-order chi connectivity index (χ0) is 22.2. The lowest BCUT2D eigenvalue weighted by atomic mass is 10.0. The minimum Gasteiger partial charge on any atom is -0.373 e. The number of nitrogens with zero attached hydrogens (tertiary/aromatic N) is 1. The van der Waals surface area contributed by atoms with E-state index in [9.17, 15) is 19.5 Å². The fraction of sp³-hybridized carbons (Fsp3) is 0.913. The van der Waals surface area contributed by atoms with Gasteiger partial charge in [-0.05, 0) is 38.5 Å². The van der Waals surface area contributed by atoms with Crippen molar-refractivity contribution in [1.29, 1.82) is 0 Å². The molecule has 0 aromatic heterocycles. The number of rotatable bonds is 19. The Hall–Kier alpha value is -0.190. The van der Waals surface area contributed by atoms with Crippen LogP contribution < -0.4 is 0 Å². The van der Waals surface area contributed by atoms with E-state index in [1.54, 1.807) is 0 Å². The second-order valence-corrected chi connectivity index (χ2v) is 11.6. The molecule has 0 rings (SSSR count). The van der Waals surface area contributed by atoms with Crippen LogP contribution in [0.5, 0.6) is 0 Å². The highest BCUT2D eigenvalue weighted by Gasteiger charge is 2.48. The standard InChI is InChI=1S/C23H48NO4P/c1-5-6-7-8-9-10-11-12-13-14-15-16-17-18-19-20-21-23(25,29(26,27)28)22-24(2,3)4/h12-13,25H,5-11,14-22H2,1-4H3,(H-,26,27,28)/p+1/b13-12+. The summed E-state index contributed by atoms with van der Waals surface area (Å²) in [5.41, 5.74) is 0. The highest BCUT2D eigenvalue weighted by molar-refractivity contribution is 7.53. The van der Waals surface area contributed by atoms with Crippen LogP contribution in [0.15, 0.2) is 12.2 Å². The average molecular weight is 435 g/mol. The average Bonchev–Trinajstić information content (AvgIpc) is 2.59. The van der Waals surface area contributed by atoms with Crippen molar-refractivity contribution in [1.82, 2.24) is 0 Å². The number of allylic oxidation sites excluding steroid dienone is 2. The summed E-state index contributed by atoms with van der Waals surface area (Å²) in [6, 6.07) is 0. The first kappa shape index (κ1) is 28.8. The lowest BCUT2D eigenvalue weighted by molar-refractivity contribution is -0.875. The van der Waals surface area contributed by atoms with Crippen LogP contribution in [0.3, 0.4) is 0 Å². The van der Waals surface area contributed by atoms with Gasteiger partial charge in [-0.1, -0.05) is 76.9 Å². The molecule has 0 spiro atoms. The van der Waals surface area contributed by atoms with Gasteiger partial charge in [-0.3, -0.25) is 4.57 Å². The molecule has 0 heterocycles. The highest BCUT2D eigenvalue weighted by Crippen LogP contribution is 2.52. The Balaban J connectivity index is 3.71. The molecule has 0 bridgehead atoms. The third kappa shape index (κ3) is 16.2. The van der Waals surface area contributed by atoms with E-state index in [1.165, 1.54) is 57.8 Å². The zero-order valence-electron chi connectivity index (χ0n) is 19.6. The third-order valence-electron chi connectivity index (χ3n) is 5.36. The van der Waals surface area contributed by atoms with Crippen molar-refractivity contribution in [2.75, 3.05) is 27.7 Å². The molecule has 5 nitrogen and oxygen atoms in total. The summed E-state index contributed by atoms with van der Waals surface area (Å²) in [6.45, 7) is 2.31. The van der Waals surface area contributed by atoms with Crippen molar-refractivity contribution >= 4 is 7.60 Å². The summed E-state index contributed by atoms with van der Waals surface area (Å²) in [4.78, 5) is 19.1. The van der Waals surface area contributed by atoms with E-state index in [-0.39, 0.29) is 13.0 Å². The lowest BCUT2D eigenvalue weighted by Gasteiger charge is -2.35. The second-order valence-electron chi connectivity index (χ2n) is 9.66. The predicted octanol–water partition coefficient (Wildman–Crippen LogP) is 5.99. The summed E-state index contributed by atoms with van der Waals surface area (Å²) in [5, 5.41) is 8.60. The second kappa shape index (κ2) is 15.6. The summed E-state index contributed by atoms with van der Waals surface area (Å²) < 4.78 is 12.1. The number of hydrogen-bond donors (Lipinski definition) is 3. The van der Waals surface area contributed by atoms with Gasteiger partial charge in [-0.2, -0.15) is 0 Å². The number of unbranched alkanes of at least 4 members (excludes halogenated alkanes) is 12. The number of quaternary nitrogens is 1. The van der Waals surface area contributed by atoms with Crippen LogP contribution in [0.25, 0.3) is 0 Å². The van der Waals surface area contributed by atoms with Crippen molar-refractivity contribution in [3.05, 3.63) is 12.2 Å². The van der Waals surface area contributed by atoms with Gasteiger partial charge in [0.2, 0.25) is 5.34 Å². The summed E-state index contributed by atoms with van der Waals surface area (Å²) in [6.07, 6.45) is 21.5.